The third-order valence-corrected chi connectivity index (χ3v) is 4.89. The third-order valence-electron chi connectivity index (χ3n) is 3.05. The van der Waals surface area contributed by atoms with Gasteiger partial charge in [0, 0.05) is 0 Å². The maximum absolute atomic E-state index is 12.5. The van der Waals surface area contributed by atoms with E-state index in [1.165, 1.54) is 6.33 Å². The average molecular weight is 294 g/mol. The Bertz CT molecular complexity index is 685. The zero-order valence-corrected chi connectivity index (χ0v) is 12.7. The van der Waals surface area contributed by atoms with E-state index in [2.05, 4.69) is 19.9 Å². The first kappa shape index (κ1) is 14.7. The summed E-state index contributed by atoms with van der Waals surface area (Å²) >= 11 is 0. The summed E-state index contributed by atoms with van der Waals surface area (Å²) in [6.45, 7) is 7.26. The highest BCUT2D eigenvalue weighted by atomic mass is 32.2. The lowest BCUT2D eigenvalue weighted by atomic mass is 10.1. The van der Waals surface area contributed by atoms with E-state index in [4.69, 9.17) is 0 Å². The van der Waals surface area contributed by atoms with Gasteiger partial charge >= 0.3 is 0 Å². The predicted octanol–water partition coefficient (Wildman–Crippen LogP) is 1.77. The van der Waals surface area contributed by atoms with Crippen LogP contribution in [0.2, 0.25) is 0 Å². The van der Waals surface area contributed by atoms with Crippen LogP contribution in [0, 0.1) is 20.8 Å². The fourth-order valence-electron chi connectivity index (χ4n) is 2.36. The Morgan fingerprint density at radius 1 is 1.20 bits per heavy atom. The quantitative estimate of drug-likeness (QED) is 0.899. The summed E-state index contributed by atoms with van der Waals surface area (Å²) in [5.41, 5.74) is 2.52. The molecule has 0 saturated carbocycles. The van der Waals surface area contributed by atoms with E-state index in [0.717, 1.165) is 16.7 Å². The Hall–Kier alpha value is -1.73. The highest BCUT2D eigenvalue weighted by molar-refractivity contribution is 7.89. The summed E-state index contributed by atoms with van der Waals surface area (Å²) in [7, 11) is -3.60. The number of rotatable bonds is 4. The molecule has 2 N–H and O–H groups in total. The van der Waals surface area contributed by atoms with Gasteiger partial charge in [0.1, 0.15) is 12.2 Å². The molecule has 7 heteroatoms. The molecule has 1 atom stereocenters. The van der Waals surface area contributed by atoms with Crippen LogP contribution in [-0.2, 0) is 10.0 Å². The lowest BCUT2D eigenvalue weighted by Crippen LogP contribution is -2.28. The maximum atomic E-state index is 12.5. The van der Waals surface area contributed by atoms with Gasteiger partial charge in [0.25, 0.3) is 0 Å². The smallest absolute Gasteiger partial charge is 0.241 e. The molecule has 0 saturated heterocycles. The molecule has 0 bridgehead atoms. The number of benzene rings is 1. The average Bonchev–Trinajstić information content (AvgIpc) is 2.78. The molecule has 2 aromatic rings. The molecule has 6 nitrogen and oxygen atoms in total. The van der Waals surface area contributed by atoms with Crippen molar-refractivity contribution in [2.75, 3.05) is 0 Å². The molecule has 2 rings (SSSR count). The van der Waals surface area contributed by atoms with Gasteiger partial charge in [-0.1, -0.05) is 17.7 Å². The van der Waals surface area contributed by atoms with Gasteiger partial charge in [-0.3, -0.25) is 5.10 Å². The van der Waals surface area contributed by atoms with Crippen molar-refractivity contribution < 1.29 is 8.42 Å². The van der Waals surface area contributed by atoms with Gasteiger partial charge in [0.05, 0.1) is 10.9 Å². The molecule has 1 unspecified atom stereocenters. The van der Waals surface area contributed by atoms with Crippen molar-refractivity contribution >= 4 is 10.0 Å². The van der Waals surface area contributed by atoms with E-state index < -0.39 is 16.1 Å². The van der Waals surface area contributed by atoms with Gasteiger partial charge in [-0.2, -0.15) is 5.10 Å². The number of hydrogen-bond acceptors (Lipinski definition) is 4. The largest absolute Gasteiger partial charge is 0.262 e. The number of hydrogen-bond donors (Lipinski definition) is 2. The van der Waals surface area contributed by atoms with Crippen LogP contribution in [0.25, 0.3) is 0 Å². The van der Waals surface area contributed by atoms with E-state index in [0.29, 0.717) is 10.7 Å². The van der Waals surface area contributed by atoms with Gasteiger partial charge in [0.15, 0.2) is 0 Å². The van der Waals surface area contributed by atoms with E-state index in [-0.39, 0.29) is 0 Å². The monoisotopic (exact) mass is 294 g/mol. The number of aryl methyl sites for hydroxylation is 3. The molecular weight excluding hydrogens is 276 g/mol. The van der Waals surface area contributed by atoms with Gasteiger partial charge in [0.2, 0.25) is 10.0 Å². The fraction of sp³-hybridized carbons (Fsp3) is 0.385. The Kier molecular flexibility index (Phi) is 3.92. The van der Waals surface area contributed by atoms with Crippen LogP contribution < -0.4 is 4.72 Å². The molecule has 0 aliphatic carbocycles. The van der Waals surface area contributed by atoms with E-state index in [1.807, 2.05) is 19.1 Å². The van der Waals surface area contributed by atoms with Crippen LogP contribution in [0.5, 0.6) is 0 Å². The van der Waals surface area contributed by atoms with E-state index >= 15 is 0 Å². The van der Waals surface area contributed by atoms with Crippen LogP contribution in [-0.4, -0.2) is 23.6 Å². The minimum Gasteiger partial charge on any atom is -0.262 e. The van der Waals surface area contributed by atoms with Gasteiger partial charge < -0.3 is 0 Å². The van der Waals surface area contributed by atoms with Gasteiger partial charge in [-0.15, -0.1) is 0 Å². The minimum absolute atomic E-state index is 0.328. The molecule has 1 heterocycles. The van der Waals surface area contributed by atoms with Crippen molar-refractivity contribution in [3.63, 3.8) is 0 Å². The number of sulfonamides is 1. The summed E-state index contributed by atoms with van der Waals surface area (Å²) in [6.07, 6.45) is 1.35. The van der Waals surface area contributed by atoms with Gasteiger partial charge in [-0.05, 0) is 38.8 Å². The molecule has 108 valence electrons. The van der Waals surface area contributed by atoms with Crippen molar-refractivity contribution in [2.45, 2.75) is 38.6 Å². The van der Waals surface area contributed by atoms with Crippen molar-refractivity contribution in [1.29, 1.82) is 0 Å². The number of aromatic amines is 1. The molecule has 20 heavy (non-hydrogen) atoms. The number of nitrogens with zero attached hydrogens (tertiary/aromatic N) is 2. The summed E-state index contributed by atoms with van der Waals surface area (Å²) < 4.78 is 27.6. The molecule has 0 aliphatic rings. The molecular formula is C13H18N4O2S. The highest BCUT2D eigenvalue weighted by Crippen LogP contribution is 2.23. The van der Waals surface area contributed by atoms with Crippen LogP contribution in [0.15, 0.2) is 23.4 Å². The van der Waals surface area contributed by atoms with Crippen molar-refractivity contribution in [3.05, 3.63) is 41.0 Å². The topological polar surface area (TPSA) is 87.7 Å². The molecule has 0 spiro atoms. The first-order chi connectivity index (χ1) is 9.31. The molecule has 0 aliphatic heterocycles. The standard InChI is InChI=1S/C13H18N4O2S/c1-8-5-9(2)12(10(3)6-8)20(18,19)17-11(4)13-14-7-15-16-13/h5-7,11,17H,1-4H3,(H,14,15,16). The highest BCUT2D eigenvalue weighted by Gasteiger charge is 2.23. The van der Waals surface area contributed by atoms with E-state index in [1.54, 1.807) is 20.8 Å². The van der Waals surface area contributed by atoms with Crippen LogP contribution in [0.1, 0.15) is 35.5 Å². The fourth-order valence-corrected chi connectivity index (χ4v) is 4.02. The second-order valence-corrected chi connectivity index (χ2v) is 6.59. The third kappa shape index (κ3) is 2.88. The van der Waals surface area contributed by atoms with Crippen LogP contribution in [0.4, 0.5) is 0 Å². The Morgan fingerprint density at radius 2 is 1.80 bits per heavy atom. The summed E-state index contributed by atoms with van der Waals surface area (Å²) in [4.78, 5) is 4.29. The number of nitrogens with one attached hydrogen (secondary N) is 2. The Balaban J connectivity index is 2.37. The lowest BCUT2D eigenvalue weighted by molar-refractivity contribution is 0.559. The second kappa shape index (κ2) is 5.34. The Labute approximate surface area is 118 Å². The SMILES string of the molecule is Cc1cc(C)c(S(=O)(=O)NC(C)c2ncn[nH]2)c(C)c1. The minimum atomic E-state index is -3.60. The van der Waals surface area contributed by atoms with Crippen LogP contribution >= 0.6 is 0 Å². The molecule has 1 aromatic heterocycles. The zero-order valence-electron chi connectivity index (χ0n) is 11.9. The number of H-pyrrole nitrogens is 1. The maximum Gasteiger partial charge on any atom is 0.241 e. The normalized spacial score (nSPS) is 13.4. The van der Waals surface area contributed by atoms with Crippen molar-refractivity contribution in [1.82, 2.24) is 19.9 Å². The molecule has 0 amide bonds. The number of aromatic nitrogens is 3. The zero-order chi connectivity index (χ0) is 14.9. The van der Waals surface area contributed by atoms with Gasteiger partial charge in [-0.25, -0.2) is 18.1 Å². The summed E-state index contributed by atoms with van der Waals surface area (Å²) in [6, 6.07) is 3.25. The summed E-state index contributed by atoms with van der Waals surface area (Å²) in [5, 5.41) is 6.38. The molecule has 0 radical (unpaired) electrons. The van der Waals surface area contributed by atoms with Crippen LogP contribution in [0.3, 0.4) is 0 Å². The van der Waals surface area contributed by atoms with E-state index in [9.17, 15) is 8.42 Å². The first-order valence-corrected chi connectivity index (χ1v) is 7.75. The predicted molar refractivity (Wildman–Crippen MR) is 75.8 cm³/mol. The lowest BCUT2D eigenvalue weighted by Gasteiger charge is -2.16. The van der Waals surface area contributed by atoms with Crippen molar-refractivity contribution in [3.8, 4) is 0 Å². The first-order valence-electron chi connectivity index (χ1n) is 6.26. The Morgan fingerprint density at radius 3 is 2.30 bits per heavy atom. The second-order valence-electron chi connectivity index (χ2n) is 4.94. The summed E-state index contributed by atoms with van der Waals surface area (Å²) in [5.74, 6) is 0.482. The molecule has 0 fully saturated rings. The van der Waals surface area contributed by atoms with Crippen molar-refractivity contribution in [2.24, 2.45) is 0 Å². The molecule has 1 aromatic carbocycles.